The van der Waals surface area contributed by atoms with E-state index in [1.807, 2.05) is 23.1 Å². The van der Waals surface area contributed by atoms with Crippen LogP contribution in [-0.2, 0) is 4.74 Å². The maximum Gasteiger partial charge on any atom is 0.272 e. The molecule has 1 amide bonds. The Morgan fingerprint density at radius 2 is 1.91 bits per heavy atom. The van der Waals surface area contributed by atoms with Gasteiger partial charge in [-0.05, 0) is 64.1 Å². The smallest absolute Gasteiger partial charge is 0.272 e. The van der Waals surface area contributed by atoms with E-state index in [-0.39, 0.29) is 11.9 Å². The molecule has 4 rings (SSSR count). The van der Waals surface area contributed by atoms with Gasteiger partial charge in [-0.15, -0.1) is 0 Å². The molecule has 1 aliphatic carbocycles. The molecule has 7 heteroatoms. The maximum absolute atomic E-state index is 13.7. The summed E-state index contributed by atoms with van der Waals surface area (Å²) in [6, 6.07) is 8.08. The van der Waals surface area contributed by atoms with Crippen LogP contribution in [0.15, 0.2) is 24.3 Å². The van der Waals surface area contributed by atoms with Gasteiger partial charge in [0, 0.05) is 37.2 Å². The van der Waals surface area contributed by atoms with Crippen LogP contribution in [0.25, 0.3) is 10.9 Å². The van der Waals surface area contributed by atoms with Crippen LogP contribution < -0.4 is 14.8 Å². The summed E-state index contributed by atoms with van der Waals surface area (Å²) in [5, 5.41) is 4.36. The zero-order valence-electron chi connectivity index (χ0n) is 21.6. The maximum atomic E-state index is 13.7. The van der Waals surface area contributed by atoms with Crippen molar-refractivity contribution in [3.8, 4) is 11.5 Å². The first-order valence-corrected chi connectivity index (χ1v) is 13.3. The number of pyridine rings is 1. The molecule has 1 aromatic heterocycles. The van der Waals surface area contributed by atoms with Crippen molar-refractivity contribution in [2.45, 2.75) is 70.9 Å². The number of nitrogens with zero attached hydrogens (tertiary/aromatic N) is 2. The lowest BCUT2D eigenvalue weighted by Crippen LogP contribution is -2.45. The van der Waals surface area contributed by atoms with Crippen LogP contribution in [0.1, 0.15) is 69.3 Å². The Morgan fingerprint density at radius 3 is 2.63 bits per heavy atom. The molecular formula is C28H41N3O4. The number of nitrogens with one attached hydrogen (secondary N) is 1. The molecule has 1 atom stereocenters. The highest BCUT2D eigenvalue weighted by molar-refractivity contribution is 5.98. The molecule has 2 fully saturated rings. The number of ether oxygens (including phenoxy) is 3. The minimum Gasteiger partial charge on any atom is -0.491 e. The third-order valence-corrected chi connectivity index (χ3v) is 7.19. The van der Waals surface area contributed by atoms with Crippen LogP contribution in [0.4, 0.5) is 0 Å². The van der Waals surface area contributed by atoms with E-state index >= 15 is 0 Å². The predicted octanol–water partition coefficient (Wildman–Crippen LogP) is 4.82. The minimum absolute atomic E-state index is 0.0676. The monoisotopic (exact) mass is 483 g/mol. The van der Waals surface area contributed by atoms with Gasteiger partial charge in [-0.25, -0.2) is 4.98 Å². The number of carbonyl (C=O) groups excluding carboxylic acids is 1. The molecule has 1 saturated heterocycles. The van der Waals surface area contributed by atoms with E-state index in [0.717, 1.165) is 24.8 Å². The SMILES string of the molecule is COCCOc1cc(C(=O)N(C[C@@H]2CCCN2)C(C)C)nc2c(OCC3CCCCC3)cccc12. The Bertz CT molecular complexity index is 968. The summed E-state index contributed by atoms with van der Waals surface area (Å²) in [6.07, 6.45) is 8.54. The molecule has 0 bridgehead atoms. The fraction of sp³-hybridized carbons (Fsp3) is 0.643. The number of fused-ring (bicyclic) bond motifs is 1. The molecule has 35 heavy (non-hydrogen) atoms. The van der Waals surface area contributed by atoms with E-state index in [9.17, 15) is 4.79 Å². The molecule has 1 N–H and O–H groups in total. The Hall–Kier alpha value is -2.38. The highest BCUT2D eigenvalue weighted by atomic mass is 16.5. The lowest BCUT2D eigenvalue weighted by Gasteiger charge is -2.29. The van der Waals surface area contributed by atoms with E-state index < -0.39 is 0 Å². The summed E-state index contributed by atoms with van der Waals surface area (Å²) in [4.78, 5) is 20.5. The van der Waals surface area contributed by atoms with Crippen molar-refractivity contribution in [1.29, 1.82) is 0 Å². The molecule has 0 radical (unpaired) electrons. The van der Waals surface area contributed by atoms with E-state index in [0.29, 0.717) is 61.0 Å². The molecule has 2 aromatic rings. The van der Waals surface area contributed by atoms with Crippen LogP contribution in [0.3, 0.4) is 0 Å². The Labute approximate surface area is 209 Å². The van der Waals surface area contributed by atoms with Gasteiger partial charge in [0.05, 0.1) is 13.2 Å². The molecule has 0 unspecified atom stereocenters. The van der Waals surface area contributed by atoms with Gasteiger partial charge in [0.1, 0.15) is 29.3 Å². The topological polar surface area (TPSA) is 72.9 Å². The van der Waals surface area contributed by atoms with Crippen molar-refractivity contribution in [2.24, 2.45) is 5.92 Å². The standard InChI is InChI=1S/C28H41N3O4/c1-20(2)31(18-22-11-8-14-29-22)28(32)24-17-26(34-16-15-33-3)23-12-7-13-25(27(23)30-24)35-19-21-9-5-4-6-10-21/h7,12-13,17,20-22,29H,4-6,8-11,14-16,18-19H2,1-3H3/t22-/m0/s1. The number of hydrogen-bond donors (Lipinski definition) is 1. The van der Waals surface area contributed by atoms with Crippen molar-refractivity contribution in [3.05, 3.63) is 30.0 Å². The molecule has 192 valence electrons. The normalized spacial score (nSPS) is 18.8. The van der Waals surface area contributed by atoms with Gasteiger partial charge in [0.15, 0.2) is 0 Å². The van der Waals surface area contributed by atoms with Crippen molar-refractivity contribution in [2.75, 3.05) is 40.0 Å². The van der Waals surface area contributed by atoms with Gasteiger partial charge in [0.2, 0.25) is 0 Å². The van der Waals surface area contributed by atoms with Gasteiger partial charge in [-0.1, -0.05) is 25.3 Å². The molecule has 1 aromatic carbocycles. The highest BCUT2D eigenvalue weighted by Gasteiger charge is 2.27. The fourth-order valence-electron chi connectivity index (χ4n) is 5.16. The quantitative estimate of drug-likeness (QED) is 0.462. The summed E-state index contributed by atoms with van der Waals surface area (Å²) in [5.74, 6) is 1.86. The zero-order valence-corrected chi connectivity index (χ0v) is 21.6. The molecule has 1 aliphatic heterocycles. The number of para-hydroxylation sites is 1. The van der Waals surface area contributed by atoms with E-state index in [1.165, 1.54) is 32.1 Å². The first kappa shape index (κ1) is 25.7. The Balaban J connectivity index is 1.64. The number of aromatic nitrogens is 1. The number of hydrogen-bond acceptors (Lipinski definition) is 6. The van der Waals surface area contributed by atoms with Crippen LogP contribution in [-0.4, -0.2) is 67.9 Å². The largest absolute Gasteiger partial charge is 0.491 e. The molecule has 1 saturated carbocycles. The molecular weight excluding hydrogens is 442 g/mol. The minimum atomic E-state index is -0.0747. The number of rotatable bonds is 11. The number of amides is 1. The summed E-state index contributed by atoms with van der Waals surface area (Å²) in [7, 11) is 1.65. The summed E-state index contributed by atoms with van der Waals surface area (Å²) < 4.78 is 17.6. The second-order valence-corrected chi connectivity index (χ2v) is 10.2. The van der Waals surface area contributed by atoms with Crippen LogP contribution in [0, 0.1) is 5.92 Å². The second kappa shape index (κ2) is 12.5. The molecule has 2 aliphatic rings. The summed E-state index contributed by atoms with van der Waals surface area (Å²) >= 11 is 0. The Kier molecular flexibility index (Phi) is 9.21. The van der Waals surface area contributed by atoms with E-state index in [4.69, 9.17) is 19.2 Å². The van der Waals surface area contributed by atoms with Crippen molar-refractivity contribution < 1.29 is 19.0 Å². The van der Waals surface area contributed by atoms with Crippen LogP contribution >= 0.6 is 0 Å². The zero-order chi connectivity index (χ0) is 24.6. The molecule has 0 spiro atoms. The lowest BCUT2D eigenvalue weighted by atomic mass is 9.90. The predicted molar refractivity (Wildman–Crippen MR) is 138 cm³/mol. The molecule has 7 nitrogen and oxygen atoms in total. The first-order valence-electron chi connectivity index (χ1n) is 13.3. The highest BCUT2D eigenvalue weighted by Crippen LogP contribution is 2.33. The van der Waals surface area contributed by atoms with E-state index in [1.54, 1.807) is 13.2 Å². The summed E-state index contributed by atoms with van der Waals surface area (Å²) in [6.45, 7) is 7.36. The van der Waals surface area contributed by atoms with Crippen molar-refractivity contribution in [3.63, 3.8) is 0 Å². The first-order chi connectivity index (χ1) is 17.1. The average molecular weight is 484 g/mol. The van der Waals surface area contributed by atoms with Crippen molar-refractivity contribution >= 4 is 16.8 Å². The van der Waals surface area contributed by atoms with Gasteiger partial charge >= 0.3 is 0 Å². The van der Waals surface area contributed by atoms with Gasteiger partial charge in [-0.3, -0.25) is 4.79 Å². The number of benzene rings is 1. The fourth-order valence-corrected chi connectivity index (χ4v) is 5.16. The van der Waals surface area contributed by atoms with Gasteiger partial charge < -0.3 is 24.4 Å². The summed E-state index contributed by atoms with van der Waals surface area (Å²) in [5.41, 5.74) is 1.08. The van der Waals surface area contributed by atoms with Crippen LogP contribution in [0.2, 0.25) is 0 Å². The van der Waals surface area contributed by atoms with Crippen LogP contribution in [0.5, 0.6) is 11.5 Å². The Morgan fingerprint density at radius 1 is 1.09 bits per heavy atom. The third kappa shape index (κ3) is 6.64. The third-order valence-electron chi connectivity index (χ3n) is 7.19. The molecule has 2 heterocycles. The lowest BCUT2D eigenvalue weighted by molar-refractivity contribution is 0.0682. The van der Waals surface area contributed by atoms with E-state index in [2.05, 4.69) is 19.2 Å². The number of carbonyl (C=O) groups is 1. The average Bonchev–Trinajstić information content (AvgIpc) is 3.39. The van der Waals surface area contributed by atoms with Crippen molar-refractivity contribution in [1.82, 2.24) is 15.2 Å². The second-order valence-electron chi connectivity index (χ2n) is 10.2. The number of methoxy groups -OCH3 is 1. The van der Waals surface area contributed by atoms with Gasteiger partial charge in [0.25, 0.3) is 5.91 Å². The van der Waals surface area contributed by atoms with Gasteiger partial charge in [-0.2, -0.15) is 0 Å².